The van der Waals surface area contributed by atoms with Gasteiger partial charge in [0.2, 0.25) is 29.4 Å². The molecule has 3 saturated heterocycles. The molecule has 0 spiro atoms. The highest BCUT2D eigenvalue weighted by Crippen LogP contribution is 2.70. The molecule has 3 heterocycles. The molecule has 1 aromatic rings. The van der Waals surface area contributed by atoms with E-state index >= 15 is 0 Å². The predicted octanol–water partition coefficient (Wildman–Crippen LogP) is 3.35. The molecule has 0 aromatic heterocycles. The second kappa shape index (κ2) is 26.8. The molecule has 6 fully saturated rings. The van der Waals surface area contributed by atoms with Gasteiger partial charge in [0.15, 0.2) is 35.9 Å². The van der Waals surface area contributed by atoms with Gasteiger partial charge in [0, 0.05) is 41.9 Å². The minimum Gasteiger partial charge on any atom is -0.429 e. The lowest BCUT2D eigenvalue weighted by Gasteiger charge is -2.59. The first kappa shape index (κ1) is 66.1. The Labute approximate surface area is 501 Å². The van der Waals surface area contributed by atoms with Crippen molar-refractivity contribution >= 4 is 53.1 Å². The Hall–Kier alpha value is -5.90. The highest BCUT2D eigenvalue weighted by atomic mass is 16.8. The average Bonchev–Trinajstić information content (AvgIpc) is 1.47. The molecule has 6 amide bonds. The third-order valence-corrected chi connectivity index (χ3v) is 18.4. The van der Waals surface area contributed by atoms with Crippen LogP contribution in [0.15, 0.2) is 48.1 Å². The van der Waals surface area contributed by atoms with E-state index < -0.39 is 143 Å². The van der Waals surface area contributed by atoms with Crippen molar-refractivity contribution in [3.05, 3.63) is 53.6 Å². The van der Waals surface area contributed by atoms with Gasteiger partial charge in [0.1, 0.15) is 43.1 Å². The number of amides is 6. The van der Waals surface area contributed by atoms with Crippen LogP contribution in [0.4, 0.5) is 15.3 Å². The van der Waals surface area contributed by atoms with E-state index in [2.05, 4.69) is 33.5 Å². The summed E-state index contributed by atoms with van der Waals surface area (Å²) in [5.74, 6) is -5.68. The molecule has 0 radical (unpaired) electrons. The topological polar surface area (TPSA) is 363 Å². The van der Waals surface area contributed by atoms with Gasteiger partial charge in [-0.1, -0.05) is 64.8 Å². The summed E-state index contributed by atoms with van der Waals surface area (Å²) >= 11 is 0. The van der Waals surface area contributed by atoms with Crippen molar-refractivity contribution in [1.29, 1.82) is 0 Å². The van der Waals surface area contributed by atoms with Crippen LogP contribution in [-0.2, 0) is 73.3 Å². The average molecular weight is 1210 g/mol. The number of primary amides is 1. The Morgan fingerprint density at radius 1 is 0.884 bits per heavy atom. The van der Waals surface area contributed by atoms with Crippen LogP contribution in [0.1, 0.15) is 132 Å². The van der Waals surface area contributed by atoms with Gasteiger partial charge in [-0.05, 0) is 127 Å². The summed E-state index contributed by atoms with van der Waals surface area (Å²) in [5, 5.41) is 36.4. The number of aliphatic hydroxyl groups is 2. The van der Waals surface area contributed by atoms with Crippen LogP contribution in [0.2, 0.25) is 0 Å². The molecule has 3 aliphatic heterocycles. The van der Waals surface area contributed by atoms with Crippen molar-refractivity contribution in [3.63, 3.8) is 0 Å². The summed E-state index contributed by atoms with van der Waals surface area (Å²) in [6.07, 6.45) is 2.22. The summed E-state index contributed by atoms with van der Waals surface area (Å²) in [7, 11) is 0. The number of aliphatic hydroxyl groups excluding tert-OH is 2. The van der Waals surface area contributed by atoms with E-state index in [4.69, 9.17) is 49.4 Å². The van der Waals surface area contributed by atoms with E-state index in [1.54, 1.807) is 78.0 Å². The number of nitrogens with one attached hydrogen (secondary N) is 5. The standard InChI is InChI=1S/C61H89N7O18/c1-10-12-47-82-45-26-38-37-19-16-34-25-36(69)22-23-59(34,8)48(37)41(70)27-60(38,9)61(45,84-47)44(72)31-80-56(78)79-29-33-14-17-35(18-15-33)66-53(75)40(13-11-24-64-55(63)77)67-54(76)49(32(2)3)68-52(74)39(62)20-21-46(73)65-28-42(71)50-51(86-58(6,7)85-50)43-30-81-57(4,5)83-43/h14-15,17-18,22-23,25,32,37-43,45,47-51,70-71H,10-13,16,19-21,24,26-31,62H2,1-9H3,(H,65,73)(H,66,75)(H,67,76)(H,68,74)(H3,63,64,77)/t37-,38-,39+,40-,41-,42-,43+,45+,47?,48+,49-,50+,51+,59-,60-,61+/m0/s1. The molecular formula is C61H89N7O18. The van der Waals surface area contributed by atoms with Crippen molar-refractivity contribution in [1.82, 2.24) is 21.3 Å². The molecule has 7 aliphatic rings. The van der Waals surface area contributed by atoms with Crippen molar-refractivity contribution in [3.8, 4) is 0 Å². The smallest absolute Gasteiger partial charge is 0.429 e. The van der Waals surface area contributed by atoms with Crippen LogP contribution in [0.25, 0.3) is 0 Å². The molecule has 16 atom stereocenters. The lowest BCUT2D eigenvalue weighted by atomic mass is 9.46. The first-order chi connectivity index (χ1) is 40.5. The van der Waals surface area contributed by atoms with Gasteiger partial charge >= 0.3 is 12.2 Å². The fourth-order valence-electron chi connectivity index (χ4n) is 14.3. The highest BCUT2D eigenvalue weighted by Gasteiger charge is 2.76. The van der Waals surface area contributed by atoms with Gasteiger partial charge in [-0.3, -0.25) is 28.8 Å². The fourth-order valence-corrected chi connectivity index (χ4v) is 14.3. The zero-order valence-corrected chi connectivity index (χ0v) is 50.8. The molecule has 8 rings (SSSR count). The van der Waals surface area contributed by atoms with E-state index in [1.165, 1.54) is 0 Å². The lowest BCUT2D eigenvalue weighted by molar-refractivity contribution is -0.200. The largest absolute Gasteiger partial charge is 0.509 e. The van der Waals surface area contributed by atoms with Crippen LogP contribution in [0, 0.1) is 34.5 Å². The number of anilines is 1. The molecule has 86 heavy (non-hydrogen) atoms. The second-order valence-corrected chi connectivity index (χ2v) is 25.8. The van der Waals surface area contributed by atoms with Gasteiger partial charge in [-0.2, -0.15) is 0 Å². The fraction of sp³-hybridized carbons (Fsp3) is 0.705. The summed E-state index contributed by atoms with van der Waals surface area (Å²) in [4.78, 5) is 106. The Morgan fingerprint density at radius 3 is 2.29 bits per heavy atom. The monoisotopic (exact) mass is 1210 g/mol. The van der Waals surface area contributed by atoms with Crippen molar-refractivity contribution < 1.29 is 86.5 Å². The van der Waals surface area contributed by atoms with Crippen molar-refractivity contribution in [2.24, 2.45) is 46.0 Å². The number of benzene rings is 1. The lowest BCUT2D eigenvalue weighted by Crippen LogP contribution is -2.63. The van der Waals surface area contributed by atoms with Gasteiger partial charge < -0.3 is 86.2 Å². The second-order valence-electron chi connectivity index (χ2n) is 25.8. The Morgan fingerprint density at radius 2 is 1.62 bits per heavy atom. The number of fused-ring (bicyclic) bond motifs is 7. The van der Waals surface area contributed by atoms with E-state index in [9.17, 15) is 48.6 Å². The molecule has 25 nitrogen and oxygen atoms in total. The quantitative estimate of drug-likeness (QED) is 0.0501. The van der Waals surface area contributed by atoms with Crippen molar-refractivity contribution in [2.75, 3.05) is 31.6 Å². The van der Waals surface area contributed by atoms with Crippen molar-refractivity contribution in [2.45, 2.75) is 211 Å². The number of carbonyl (C=O) groups excluding carboxylic acids is 8. The van der Waals surface area contributed by atoms with Gasteiger partial charge in [-0.25, -0.2) is 9.59 Å². The predicted molar refractivity (Wildman–Crippen MR) is 307 cm³/mol. The third kappa shape index (κ3) is 14.5. The minimum atomic E-state index is -1.49. The number of hydrogen-bond donors (Lipinski definition) is 9. The number of allylic oxidation sites excluding steroid dienone is 4. The van der Waals surface area contributed by atoms with E-state index in [0.717, 1.165) is 18.4 Å². The zero-order chi connectivity index (χ0) is 62.7. The van der Waals surface area contributed by atoms with Gasteiger partial charge in [0.05, 0.1) is 24.9 Å². The number of carbonyl (C=O) groups is 8. The van der Waals surface area contributed by atoms with Gasteiger partial charge in [0.25, 0.3) is 0 Å². The Balaban J connectivity index is 0.813. The van der Waals surface area contributed by atoms with Crippen LogP contribution >= 0.6 is 0 Å². The molecule has 1 unspecified atom stereocenters. The Bertz CT molecular complexity index is 2760. The number of ether oxygens (including phenoxy) is 8. The number of hydrogen-bond acceptors (Lipinski definition) is 19. The summed E-state index contributed by atoms with van der Waals surface area (Å²) in [6.45, 7) is 15.6. The summed E-state index contributed by atoms with van der Waals surface area (Å²) in [5.41, 5.74) is 10.4. The number of rotatable bonds is 25. The maximum absolute atomic E-state index is 14.6. The summed E-state index contributed by atoms with van der Waals surface area (Å²) in [6, 6.07) is 1.95. The summed E-state index contributed by atoms with van der Waals surface area (Å²) < 4.78 is 47.7. The van der Waals surface area contributed by atoms with E-state index in [-0.39, 0.29) is 81.9 Å². The minimum absolute atomic E-state index is 0.00679. The normalized spacial score (nSPS) is 32.5. The van der Waals surface area contributed by atoms with Crippen LogP contribution in [-0.4, -0.2) is 162 Å². The third-order valence-electron chi connectivity index (χ3n) is 18.4. The highest BCUT2D eigenvalue weighted by molar-refractivity contribution is 6.01. The molecule has 476 valence electrons. The van der Waals surface area contributed by atoms with Crippen LogP contribution in [0.3, 0.4) is 0 Å². The number of urea groups is 1. The van der Waals surface area contributed by atoms with E-state index in [1.807, 2.05) is 19.9 Å². The van der Waals surface area contributed by atoms with Gasteiger partial charge in [-0.15, -0.1) is 0 Å². The number of ketones is 2. The first-order valence-corrected chi connectivity index (χ1v) is 30.2. The maximum atomic E-state index is 14.6. The maximum Gasteiger partial charge on any atom is 0.509 e. The molecule has 25 heteroatoms. The van der Waals surface area contributed by atoms with E-state index in [0.29, 0.717) is 30.5 Å². The number of nitrogens with two attached hydrogens (primary N) is 2. The Kier molecular flexibility index (Phi) is 20.6. The molecule has 3 saturated carbocycles. The molecule has 11 N–H and O–H groups in total. The molecule has 1 aromatic carbocycles. The molecule has 0 bridgehead atoms. The van der Waals surface area contributed by atoms with Crippen LogP contribution < -0.4 is 38.1 Å². The zero-order valence-electron chi connectivity index (χ0n) is 50.8. The SMILES string of the molecule is CCCC1O[C@@H]2C[C@H]3[C@@H]4CCC5=CC(=O)C=C[C@]5(C)[C@H]4[C@@H](O)C[C@]3(C)[C@]2(C(=O)COC(=O)OCc2ccc(NC(=O)[C@H](CCCNC(N)=O)NC(=O)[C@@H](NC(=O)[C@H](N)CCC(=O)NC[C@H](O)[C@H]3OC(C)(C)O[C@@H]3[C@H]3COC(C)(C)O3)C(C)C)cc2)O1. The molecule has 4 aliphatic carbocycles. The number of Topliss-reactive ketones (excluding diaryl/α,β-unsaturated/α-hetero) is 1. The first-order valence-electron chi connectivity index (χ1n) is 30.2. The van der Waals surface area contributed by atoms with Crippen LogP contribution in [0.5, 0.6) is 0 Å². The molecular weight excluding hydrogens is 1120 g/mol.